The van der Waals surface area contributed by atoms with Crippen LogP contribution >= 0.6 is 11.6 Å². The number of halogens is 4. The summed E-state index contributed by atoms with van der Waals surface area (Å²) >= 11 is 5.87. The molecule has 2 atom stereocenters. The molecule has 0 saturated carbocycles. The lowest BCUT2D eigenvalue weighted by Crippen LogP contribution is -2.33. The van der Waals surface area contributed by atoms with Gasteiger partial charge < -0.3 is 10.0 Å². The number of nitro benzene ring substituents is 1. The molecule has 2 rings (SSSR count). The number of hydrogen-bond acceptors (Lipinski definition) is 4. The maximum Gasteiger partial charge on any atom is 0.394 e. The summed E-state index contributed by atoms with van der Waals surface area (Å²) < 4.78 is 38.9. The zero-order chi connectivity index (χ0) is 16.7. The fraction of sp³-hybridized carbons (Fsp3) is 0.417. The summed E-state index contributed by atoms with van der Waals surface area (Å²) in [6, 6.07) is 3.72. The van der Waals surface area contributed by atoms with Gasteiger partial charge in [0.2, 0.25) is 0 Å². The van der Waals surface area contributed by atoms with Gasteiger partial charge in [-0.1, -0.05) is 17.7 Å². The SMILES string of the molecule is O=C(O)[C@@H]1CN(c2c(Cl)cccc2[N+](=O)[O-])C[C@H]1C(F)(F)F. The Kier molecular flexibility index (Phi) is 4.19. The number of anilines is 1. The quantitative estimate of drug-likeness (QED) is 0.676. The van der Waals surface area contributed by atoms with Crippen LogP contribution in [0.2, 0.25) is 5.02 Å². The predicted molar refractivity (Wildman–Crippen MR) is 71.0 cm³/mol. The molecule has 120 valence electrons. The molecule has 22 heavy (non-hydrogen) atoms. The molecule has 0 radical (unpaired) electrons. The molecule has 0 aromatic heterocycles. The highest BCUT2D eigenvalue weighted by Crippen LogP contribution is 2.43. The number of carboxylic acid groups (broad SMARTS) is 1. The lowest BCUT2D eigenvalue weighted by molar-refractivity contribution is -0.384. The van der Waals surface area contributed by atoms with Gasteiger partial charge in [-0.2, -0.15) is 13.2 Å². The summed E-state index contributed by atoms with van der Waals surface area (Å²) in [6.07, 6.45) is -4.71. The third-order valence-corrected chi connectivity index (χ3v) is 3.84. The molecule has 6 nitrogen and oxygen atoms in total. The first-order valence-electron chi connectivity index (χ1n) is 6.10. The molecule has 0 amide bonds. The van der Waals surface area contributed by atoms with E-state index in [1.54, 1.807) is 0 Å². The van der Waals surface area contributed by atoms with Gasteiger partial charge in [0.25, 0.3) is 5.69 Å². The number of benzene rings is 1. The van der Waals surface area contributed by atoms with Crippen LogP contribution in [0, 0.1) is 22.0 Å². The summed E-state index contributed by atoms with van der Waals surface area (Å²) in [4.78, 5) is 22.3. The second kappa shape index (κ2) is 5.64. The molecule has 1 aromatic rings. The zero-order valence-electron chi connectivity index (χ0n) is 10.9. The highest BCUT2D eigenvalue weighted by molar-refractivity contribution is 6.33. The van der Waals surface area contributed by atoms with Gasteiger partial charge >= 0.3 is 12.1 Å². The van der Waals surface area contributed by atoms with Crippen molar-refractivity contribution in [3.05, 3.63) is 33.3 Å². The lowest BCUT2D eigenvalue weighted by Gasteiger charge is -2.20. The molecule has 1 saturated heterocycles. The van der Waals surface area contributed by atoms with Crippen molar-refractivity contribution < 1.29 is 28.0 Å². The predicted octanol–water partition coefficient (Wildman–Crippen LogP) is 2.95. The van der Waals surface area contributed by atoms with E-state index in [0.717, 1.165) is 11.0 Å². The summed E-state index contributed by atoms with van der Waals surface area (Å²) in [5.41, 5.74) is -0.647. The fourth-order valence-electron chi connectivity index (χ4n) is 2.53. The van der Waals surface area contributed by atoms with Crippen LogP contribution in [-0.4, -0.2) is 35.3 Å². The summed E-state index contributed by atoms with van der Waals surface area (Å²) in [6.45, 7) is -1.19. The molecule has 0 spiro atoms. The first-order chi connectivity index (χ1) is 10.1. The van der Waals surface area contributed by atoms with Gasteiger partial charge in [-0.05, 0) is 6.07 Å². The van der Waals surface area contributed by atoms with Crippen molar-refractivity contribution in [1.29, 1.82) is 0 Å². The van der Waals surface area contributed by atoms with Crippen molar-refractivity contribution in [3.63, 3.8) is 0 Å². The van der Waals surface area contributed by atoms with E-state index >= 15 is 0 Å². The molecule has 0 aliphatic carbocycles. The van der Waals surface area contributed by atoms with E-state index < -0.39 is 47.7 Å². The smallest absolute Gasteiger partial charge is 0.394 e. The van der Waals surface area contributed by atoms with Crippen LogP contribution in [-0.2, 0) is 4.79 Å². The van der Waals surface area contributed by atoms with Crippen LogP contribution in [0.4, 0.5) is 24.5 Å². The summed E-state index contributed by atoms with van der Waals surface area (Å²) in [5.74, 6) is -5.41. The minimum absolute atomic E-state index is 0.0961. The van der Waals surface area contributed by atoms with Crippen LogP contribution < -0.4 is 4.90 Å². The Hall–Kier alpha value is -2.03. The summed E-state index contributed by atoms with van der Waals surface area (Å²) in [5, 5.41) is 19.9. The second-order valence-electron chi connectivity index (χ2n) is 4.86. The number of nitrogens with zero attached hydrogens (tertiary/aromatic N) is 2. The van der Waals surface area contributed by atoms with E-state index in [-0.39, 0.29) is 10.7 Å². The van der Waals surface area contributed by atoms with Crippen molar-refractivity contribution in [2.75, 3.05) is 18.0 Å². The largest absolute Gasteiger partial charge is 0.481 e. The molecule has 1 aromatic carbocycles. The normalized spacial score (nSPS) is 21.9. The van der Waals surface area contributed by atoms with Crippen molar-refractivity contribution in [3.8, 4) is 0 Å². The van der Waals surface area contributed by atoms with Crippen molar-refractivity contribution >= 4 is 28.9 Å². The van der Waals surface area contributed by atoms with Gasteiger partial charge in [0, 0.05) is 19.2 Å². The Balaban J connectivity index is 2.44. The van der Waals surface area contributed by atoms with Crippen LogP contribution in [0.5, 0.6) is 0 Å². The van der Waals surface area contributed by atoms with Crippen molar-refractivity contribution in [2.24, 2.45) is 11.8 Å². The monoisotopic (exact) mass is 338 g/mol. The molecule has 1 aliphatic rings. The van der Waals surface area contributed by atoms with Gasteiger partial charge in [0.1, 0.15) is 5.69 Å². The standard InChI is InChI=1S/C12H10ClF3N2O4/c13-8-2-1-3-9(18(21)22)10(8)17-4-6(11(19)20)7(5-17)12(14,15)16/h1-3,6-7H,4-5H2,(H,19,20)/t6-,7-/m1/s1. The van der Waals surface area contributed by atoms with Gasteiger partial charge in [-0.3, -0.25) is 14.9 Å². The maximum atomic E-state index is 13.0. The van der Waals surface area contributed by atoms with E-state index in [1.807, 2.05) is 0 Å². The fourth-order valence-corrected chi connectivity index (χ4v) is 2.82. The van der Waals surface area contributed by atoms with E-state index in [1.165, 1.54) is 12.1 Å². The Labute approximate surface area is 127 Å². The molecular weight excluding hydrogens is 329 g/mol. The maximum absolute atomic E-state index is 13.0. The average Bonchev–Trinajstić information content (AvgIpc) is 2.83. The van der Waals surface area contributed by atoms with Crippen LogP contribution in [0.15, 0.2) is 18.2 Å². The Bertz CT molecular complexity index is 623. The van der Waals surface area contributed by atoms with Gasteiger partial charge in [-0.25, -0.2) is 0 Å². The third kappa shape index (κ3) is 2.94. The highest BCUT2D eigenvalue weighted by atomic mass is 35.5. The minimum Gasteiger partial charge on any atom is -0.481 e. The Morgan fingerprint density at radius 1 is 1.41 bits per heavy atom. The average molecular weight is 339 g/mol. The Morgan fingerprint density at radius 2 is 2.05 bits per heavy atom. The first-order valence-corrected chi connectivity index (χ1v) is 6.48. The number of carbonyl (C=O) groups is 1. The number of alkyl halides is 3. The third-order valence-electron chi connectivity index (χ3n) is 3.54. The van der Waals surface area contributed by atoms with E-state index in [2.05, 4.69) is 0 Å². The minimum atomic E-state index is -4.71. The number of para-hydroxylation sites is 1. The zero-order valence-corrected chi connectivity index (χ0v) is 11.6. The van der Waals surface area contributed by atoms with Gasteiger partial charge in [0.05, 0.1) is 21.8 Å². The topological polar surface area (TPSA) is 83.7 Å². The molecule has 1 fully saturated rings. The van der Waals surface area contributed by atoms with E-state index in [9.17, 15) is 28.1 Å². The van der Waals surface area contributed by atoms with E-state index in [0.29, 0.717) is 0 Å². The number of aliphatic carboxylic acids is 1. The van der Waals surface area contributed by atoms with Crippen molar-refractivity contribution in [2.45, 2.75) is 6.18 Å². The molecule has 0 bridgehead atoms. The lowest BCUT2D eigenvalue weighted by atomic mass is 9.96. The molecule has 1 N–H and O–H groups in total. The van der Waals surface area contributed by atoms with Gasteiger partial charge in [-0.15, -0.1) is 0 Å². The van der Waals surface area contributed by atoms with E-state index in [4.69, 9.17) is 16.7 Å². The molecular formula is C12H10ClF3N2O4. The van der Waals surface area contributed by atoms with Crippen LogP contribution in [0.1, 0.15) is 0 Å². The van der Waals surface area contributed by atoms with Crippen LogP contribution in [0.3, 0.4) is 0 Å². The van der Waals surface area contributed by atoms with Crippen LogP contribution in [0.25, 0.3) is 0 Å². The highest BCUT2D eigenvalue weighted by Gasteiger charge is 2.53. The number of nitro groups is 1. The molecule has 1 heterocycles. The number of carboxylic acids is 1. The second-order valence-corrected chi connectivity index (χ2v) is 5.27. The molecule has 0 unspecified atom stereocenters. The number of hydrogen-bond donors (Lipinski definition) is 1. The van der Waals surface area contributed by atoms with Gasteiger partial charge in [0.15, 0.2) is 0 Å². The first kappa shape index (κ1) is 16.3. The number of rotatable bonds is 3. The summed E-state index contributed by atoms with van der Waals surface area (Å²) in [7, 11) is 0. The molecule has 1 aliphatic heterocycles. The Morgan fingerprint density at radius 3 is 2.50 bits per heavy atom. The van der Waals surface area contributed by atoms with Crippen molar-refractivity contribution in [1.82, 2.24) is 0 Å². The molecule has 10 heteroatoms.